The minimum atomic E-state index is 0.214. The molecule has 4 rings (SSSR count). The fraction of sp³-hybridized carbons (Fsp3) is 0.190. The lowest BCUT2D eigenvalue weighted by Crippen LogP contribution is -2.83. The Morgan fingerprint density at radius 3 is 2.68 bits per heavy atom. The largest absolute Gasteiger partial charge is 0.415 e. The minimum Gasteiger partial charge on any atom is -0.415 e. The van der Waals surface area contributed by atoms with Crippen molar-refractivity contribution in [3.8, 4) is 22.7 Å². The summed E-state index contributed by atoms with van der Waals surface area (Å²) >= 11 is 6.08. The van der Waals surface area contributed by atoms with E-state index in [-0.39, 0.29) is 6.04 Å². The van der Waals surface area contributed by atoms with E-state index in [1.54, 1.807) is 0 Å². The highest BCUT2D eigenvalue weighted by molar-refractivity contribution is 6.30. The average molecular weight is 396 g/mol. The molecule has 2 heterocycles. The van der Waals surface area contributed by atoms with Crippen LogP contribution in [-0.4, -0.2) is 15.4 Å². The minimum absolute atomic E-state index is 0.214. The van der Waals surface area contributed by atoms with Crippen LogP contribution in [0.5, 0.6) is 0 Å². The molecule has 0 amide bonds. The van der Waals surface area contributed by atoms with E-state index >= 15 is 0 Å². The quantitative estimate of drug-likeness (QED) is 0.529. The van der Waals surface area contributed by atoms with Gasteiger partial charge in [-0.15, -0.1) is 10.2 Å². The van der Waals surface area contributed by atoms with Crippen molar-refractivity contribution in [2.24, 2.45) is 0 Å². The van der Waals surface area contributed by atoms with E-state index in [1.165, 1.54) is 0 Å². The third kappa shape index (κ3) is 3.83. The molecule has 7 heteroatoms. The molecule has 6 nitrogen and oxygen atoms in total. The summed E-state index contributed by atoms with van der Waals surface area (Å²) < 4.78 is 11.3. The molecule has 142 valence electrons. The maximum absolute atomic E-state index is 6.08. The van der Waals surface area contributed by atoms with Crippen molar-refractivity contribution in [2.75, 3.05) is 0 Å². The molecule has 0 aliphatic rings. The van der Waals surface area contributed by atoms with Crippen molar-refractivity contribution in [1.82, 2.24) is 15.4 Å². The first kappa shape index (κ1) is 18.4. The SMILES string of the molecule is Cc1onc(-c2ccccc2)c1-c1nnc(C[NH2+][C@H](C)c2cccc(Cl)c2)o1. The predicted octanol–water partition coefficient (Wildman–Crippen LogP) is 4.18. The van der Waals surface area contributed by atoms with Crippen LogP contribution in [-0.2, 0) is 6.54 Å². The molecule has 1 atom stereocenters. The Hall–Kier alpha value is -2.96. The number of hydrogen-bond donors (Lipinski definition) is 1. The molecule has 0 saturated carbocycles. The summed E-state index contributed by atoms with van der Waals surface area (Å²) in [7, 11) is 0. The Bertz CT molecular complexity index is 1070. The molecule has 0 radical (unpaired) electrons. The highest BCUT2D eigenvalue weighted by Crippen LogP contribution is 2.33. The summed E-state index contributed by atoms with van der Waals surface area (Å²) in [6.07, 6.45) is 0. The van der Waals surface area contributed by atoms with Gasteiger partial charge in [0.25, 0.3) is 11.8 Å². The molecule has 0 aliphatic heterocycles. The first-order valence-electron chi connectivity index (χ1n) is 9.05. The van der Waals surface area contributed by atoms with Gasteiger partial charge in [-0.3, -0.25) is 0 Å². The van der Waals surface area contributed by atoms with Crippen LogP contribution in [0.4, 0.5) is 0 Å². The van der Waals surface area contributed by atoms with Gasteiger partial charge in [0.2, 0.25) is 0 Å². The molecule has 0 fully saturated rings. The lowest BCUT2D eigenvalue weighted by Gasteiger charge is -2.09. The highest BCUT2D eigenvalue weighted by Gasteiger charge is 2.22. The van der Waals surface area contributed by atoms with Crippen LogP contribution in [0.15, 0.2) is 63.5 Å². The van der Waals surface area contributed by atoms with Crippen molar-refractivity contribution < 1.29 is 14.3 Å². The third-order valence-corrected chi connectivity index (χ3v) is 4.85. The lowest BCUT2D eigenvalue weighted by atomic mass is 10.1. The number of hydrogen-bond acceptors (Lipinski definition) is 5. The van der Waals surface area contributed by atoms with Gasteiger partial charge in [0.15, 0.2) is 6.54 Å². The molecule has 0 saturated heterocycles. The van der Waals surface area contributed by atoms with Gasteiger partial charge < -0.3 is 14.3 Å². The van der Waals surface area contributed by atoms with Crippen molar-refractivity contribution in [3.05, 3.63) is 76.8 Å². The van der Waals surface area contributed by atoms with Gasteiger partial charge in [-0.25, -0.2) is 0 Å². The Labute approximate surface area is 167 Å². The van der Waals surface area contributed by atoms with Crippen molar-refractivity contribution in [2.45, 2.75) is 26.4 Å². The van der Waals surface area contributed by atoms with E-state index in [2.05, 4.69) is 33.7 Å². The Balaban J connectivity index is 1.52. The summed E-state index contributed by atoms with van der Waals surface area (Å²) in [5.74, 6) is 1.60. The van der Waals surface area contributed by atoms with E-state index in [4.69, 9.17) is 20.5 Å². The van der Waals surface area contributed by atoms with E-state index in [0.29, 0.717) is 29.8 Å². The molecule has 2 aromatic carbocycles. The van der Waals surface area contributed by atoms with Crippen LogP contribution in [0.2, 0.25) is 5.02 Å². The third-order valence-electron chi connectivity index (χ3n) is 4.61. The summed E-state index contributed by atoms with van der Waals surface area (Å²) in [6, 6.07) is 17.9. The predicted molar refractivity (Wildman–Crippen MR) is 105 cm³/mol. The summed E-state index contributed by atoms with van der Waals surface area (Å²) in [6.45, 7) is 4.51. The van der Waals surface area contributed by atoms with Crippen LogP contribution < -0.4 is 5.32 Å². The monoisotopic (exact) mass is 395 g/mol. The van der Waals surface area contributed by atoms with Crippen LogP contribution in [0.1, 0.15) is 30.2 Å². The number of rotatable bonds is 6. The molecule has 0 aliphatic carbocycles. The van der Waals surface area contributed by atoms with Gasteiger partial charge in [0, 0.05) is 16.1 Å². The van der Waals surface area contributed by atoms with Gasteiger partial charge in [-0.05, 0) is 26.0 Å². The van der Waals surface area contributed by atoms with Crippen molar-refractivity contribution in [1.29, 1.82) is 0 Å². The molecule has 2 N–H and O–H groups in total. The van der Waals surface area contributed by atoms with Gasteiger partial charge in [-0.2, -0.15) is 0 Å². The van der Waals surface area contributed by atoms with Crippen molar-refractivity contribution in [3.63, 3.8) is 0 Å². The van der Waals surface area contributed by atoms with E-state index < -0.39 is 0 Å². The van der Waals surface area contributed by atoms with Gasteiger partial charge in [-0.1, -0.05) is 59.2 Å². The van der Waals surface area contributed by atoms with Crippen LogP contribution in [0.25, 0.3) is 22.7 Å². The second-order valence-electron chi connectivity index (χ2n) is 6.61. The number of quaternary nitrogens is 1. The maximum atomic E-state index is 6.08. The zero-order chi connectivity index (χ0) is 19.5. The van der Waals surface area contributed by atoms with Gasteiger partial charge >= 0.3 is 0 Å². The Kier molecular flexibility index (Phi) is 5.23. The molecule has 2 aromatic heterocycles. The summed E-state index contributed by atoms with van der Waals surface area (Å²) in [5.41, 5.74) is 3.51. The molecular weight excluding hydrogens is 376 g/mol. The maximum Gasteiger partial charge on any atom is 0.271 e. The van der Waals surface area contributed by atoms with Crippen LogP contribution in [0, 0.1) is 6.92 Å². The summed E-state index contributed by atoms with van der Waals surface area (Å²) in [5, 5.41) is 15.4. The van der Waals surface area contributed by atoms with Crippen molar-refractivity contribution >= 4 is 11.6 Å². The van der Waals surface area contributed by atoms with Crippen LogP contribution in [0.3, 0.4) is 0 Å². The number of aromatic nitrogens is 3. The first-order valence-corrected chi connectivity index (χ1v) is 9.43. The number of nitrogens with two attached hydrogens (primary N) is 1. The number of benzene rings is 2. The highest BCUT2D eigenvalue weighted by atomic mass is 35.5. The number of halogens is 1. The second kappa shape index (κ2) is 7.96. The molecule has 0 spiro atoms. The lowest BCUT2D eigenvalue weighted by molar-refractivity contribution is -0.709. The van der Waals surface area contributed by atoms with Gasteiger partial charge in [0.05, 0.1) is 0 Å². The molecule has 0 unspecified atom stereocenters. The molecule has 28 heavy (non-hydrogen) atoms. The summed E-state index contributed by atoms with van der Waals surface area (Å²) in [4.78, 5) is 0. The molecular formula is C21H20ClN4O2+. The topological polar surface area (TPSA) is 81.6 Å². The zero-order valence-electron chi connectivity index (χ0n) is 15.6. The fourth-order valence-electron chi connectivity index (χ4n) is 3.06. The first-order chi connectivity index (χ1) is 13.6. The van der Waals surface area contributed by atoms with Crippen LogP contribution >= 0.6 is 11.6 Å². The smallest absolute Gasteiger partial charge is 0.271 e. The molecule has 0 bridgehead atoms. The van der Waals surface area contributed by atoms with E-state index in [9.17, 15) is 0 Å². The normalized spacial score (nSPS) is 12.2. The Morgan fingerprint density at radius 1 is 1.07 bits per heavy atom. The molecule has 4 aromatic rings. The second-order valence-corrected chi connectivity index (χ2v) is 7.05. The number of aryl methyl sites for hydroxylation is 1. The van der Waals surface area contributed by atoms with E-state index in [1.807, 2.05) is 55.5 Å². The standard InChI is InChI=1S/C21H19ClN4O2/c1-13(16-9-6-10-17(22)11-16)23-12-18-24-25-21(27-18)19-14(2)28-26-20(19)15-7-4-3-5-8-15/h3-11,13,23H,12H2,1-2H3/p+1/t13-/m1/s1. The average Bonchev–Trinajstić information content (AvgIpc) is 3.33. The Morgan fingerprint density at radius 2 is 1.89 bits per heavy atom. The van der Waals surface area contributed by atoms with E-state index in [0.717, 1.165) is 21.7 Å². The fourth-order valence-corrected chi connectivity index (χ4v) is 3.26. The number of nitrogens with zero attached hydrogens (tertiary/aromatic N) is 3. The zero-order valence-corrected chi connectivity index (χ0v) is 16.3. The van der Waals surface area contributed by atoms with Gasteiger partial charge in [0.1, 0.15) is 23.1 Å².